The third kappa shape index (κ3) is 6.22. The number of hydrogen-bond acceptors (Lipinski definition) is 4. The van der Waals surface area contributed by atoms with Gasteiger partial charge < -0.3 is 9.30 Å². The molecule has 62 heavy (non-hydrogen) atoms. The van der Waals surface area contributed by atoms with Crippen LogP contribution in [0.5, 0.6) is 5.75 Å². The van der Waals surface area contributed by atoms with Gasteiger partial charge in [0.05, 0.1) is 11.2 Å². The van der Waals surface area contributed by atoms with Crippen molar-refractivity contribution in [3.63, 3.8) is 0 Å². The molecule has 292 valence electrons. The molecule has 2 unspecified atom stereocenters. The summed E-state index contributed by atoms with van der Waals surface area (Å²) in [4.78, 5) is 15.3. The lowest BCUT2D eigenvalue weighted by atomic mass is 9.85. The van der Waals surface area contributed by atoms with Gasteiger partial charge in [-0.05, 0) is 75.9 Å². The zero-order chi connectivity index (χ0) is 41.0. The zero-order valence-electron chi connectivity index (χ0n) is 33.6. The summed E-state index contributed by atoms with van der Waals surface area (Å²) in [6, 6.07) is 72.2. The van der Waals surface area contributed by atoms with E-state index >= 15 is 0 Å². The fraction of sp³-hybridized carbons (Fsp3) is 0.0351. The summed E-state index contributed by atoms with van der Waals surface area (Å²) < 4.78 is 9.19. The molecule has 3 heterocycles. The highest BCUT2D eigenvalue weighted by atomic mass is 16.5. The number of para-hydroxylation sites is 2. The molecule has 0 saturated heterocycles. The molecule has 1 aliphatic carbocycles. The van der Waals surface area contributed by atoms with Gasteiger partial charge in [-0.1, -0.05) is 176 Å². The van der Waals surface area contributed by atoms with Crippen LogP contribution in [0.1, 0.15) is 28.8 Å². The third-order valence-corrected chi connectivity index (χ3v) is 12.3. The molecule has 2 atom stereocenters. The van der Waals surface area contributed by atoms with E-state index in [9.17, 15) is 0 Å². The molecule has 0 amide bonds. The van der Waals surface area contributed by atoms with Crippen LogP contribution in [-0.4, -0.2) is 19.5 Å². The number of ether oxygens (including phenoxy) is 1. The minimum Gasteiger partial charge on any atom is -0.484 e. The summed E-state index contributed by atoms with van der Waals surface area (Å²) in [7, 11) is 0. The van der Waals surface area contributed by atoms with E-state index in [1.54, 1.807) is 0 Å². The fourth-order valence-corrected chi connectivity index (χ4v) is 9.20. The topological polar surface area (TPSA) is 52.8 Å². The predicted molar refractivity (Wildman–Crippen MR) is 251 cm³/mol. The van der Waals surface area contributed by atoms with E-state index < -0.39 is 0 Å². The fourth-order valence-electron chi connectivity index (χ4n) is 9.20. The molecule has 0 spiro atoms. The average Bonchev–Trinajstić information content (AvgIpc) is 3.90. The Labute approximate surface area is 360 Å². The SMILES string of the molecule is C1=CC2c3cc(-c4ccc(-c5nc(-c6ccc(-c7ccccc7)cc6)nc(-c6cccc(-c7ccccc7)c6)n5)cc4)ccc3OC2c2c1n(-c1ccccc1)c1ccccc21. The van der Waals surface area contributed by atoms with Crippen LogP contribution in [0.25, 0.3) is 90.2 Å². The maximum atomic E-state index is 6.83. The molecule has 8 aromatic carbocycles. The smallest absolute Gasteiger partial charge is 0.164 e. The van der Waals surface area contributed by atoms with E-state index in [1.165, 1.54) is 33.3 Å². The van der Waals surface area contributed by atoms with Gasteiger partial charge in [0.2, 0.25) is 0 Å². The second-order valence-corrected chi connectivity index (χ2v) is 15.9. The van der Waals surface area contributed by atoms with Crippen molar-refractivity contribution in [3.8, 4) is 79.0 Å². The van der Waals surface area contributed by atoms with Crippen molar-refractivity contribution in [1.82, 2.24) is 19.5 Å². The third-order valence-electron chi connectivity index (χ3n) is 12.3. The molecule has 1 aliphatic heterocycles. The minimum atomic E-state index is -0.104. The molecular weight excluding hydrogens is 757 g/mol. The van der Waals surface area contributed by atoms with Gasteiger partial charge in [0.15, 0.2) is 17.5 Å². The Balaban J connectivity index is 0.888. The number of fused-ring (bicyclic) bond motifs is 7. The molecule has 0 saturated carbocycles. The maximum absolute atomic E-state index is 6.83. The van der Waals surface area contributed by atoms with Crippen LogP contribution in [-0.2, 0) is 0 Å². The molecule has 0 N–H and O–H groups in total. The van der Waals surface area contributed by atoms with E-state index in [2.05, 4.69) is 211 Å². The van der Waals surface area contributed by atoms with Crippen LogP contribution >= 0.6 is 0 Å². The molecule has 12 rings (SSSR count). The Morgan fingerprint density at radius 2 is 0.887 bits per heavy atom. The van der Waals surface area contributed by atoms with Crippen molar-refractivity contribution in [1.29, 1.82) is 0 Å². The highest BCUT2D eigenvalue weighted by Crippen LogP contribution is 2.53. The first kappa shape index (κ1) is 35.8. The molecule has 10 aromatic rings. The Morgan fingerprint density at radius 1 is 0.403 bits per heavy atom. The number of aromatic nitrogens is 4. The second-order valence-electron chi connectivity index (χ2n) is 15.9. The van der Waals surface area contributed by atoms with Crippen LogP contribution in [0.15, 0.2) is 212 Å². The Hall–Kier alpha value is -8.15. The first-order valence-corrected chi connectivity index (χ1v) is 21.1. The van der Waals surface area contributed by atoms with Crippen molar-refractivity contribution < 1.29 is 4.74 Å². The van der Waals surface area contributed by atoms with Crippen LogP contribution in [0.3, 0.4) is 0 Å². The van der Waals surface area contributed by atoms with Gasteiger partial charge in [0, 0.05) is 44.8 Å². The summed E-state index contributed by atoms with van der Waals surface area (Å²) in [5, 5.41) is 1.23. The summed E-state index contributed by atoms with van der Waals surface area (Å²) in [6.45, 7) is 0. The standard InChI is InChI=1S/C57H38N4O/c1-4-13-37(14-5-1)39-23-27-41(28-24-39)55-58-56(60-57(59-55)45-18-12-17-43(35-45)38-15-6-2-7-16-38)42-29-25-40(26-30-42)44-31-34-52-49(36-44)47-32-33-51-53(54(47)62-52)48-21-10-11-22-50(48)61(51)46-19-8-3-9-20-46/h1-36,47,54H. The number of rotatable bonds is 7. The highest BCUT2D eigenvalue weighted by Gasteiger charge is 2.40. The van der Waals surface area contributed by atoms with Gasteiger partial charge in [0.25, 0.3) is 0 Å². The molecule has 0 bridgehead atoms. The zero-order valence-corrected chi connectivity index (χ0v) is 33.6. The molecule has 2 aromatic heterocycles. The molecule has 5 nitrogen and oxygen atoms in total. The summed E-state index contributed by atoms with van der Waals surface area (Å²) in [6.07, 6.45) is 4.51. The highest BCUT2D eigenvalue weighted by molar-refractivity contribution is 5.92. The van der Waals surface area contributed by atoms with Crippen molar-refractivity contribution in [2.45, 2.75) is 12.0 Å². The Morgan fingerprint density at radius 3 is 1.56 bits per heavy atom. The van der Waals surface area contributed by atoms with Gasteiger partial charge in [0.1, 0.15) is 11.9 Å². The van der Waals surface area contributed by atoms with E-state index in [4.69, 9.17) is 19.7 Å². The lowest BCUT2D eigenvalue weighted by molar-refractivity contribution is 0.224. The molecule has 5 heteroatoms. The second kappa shape index (κ2) is 14.8. The van der Waals surface area contributed by atoms with E-state index in [-0.39, 0.29) is 12.0 Å². The van der Waals surface area contributed by atoms with Gasteiger partial charge in [-0.3, -0.25) is 0 Å². The summed E-state index contributed by atoms with van der Waals surface area (Å²) >= 11 is 0. The van der Waals surface area contributed by atoms with E-state index in [0.717, 1.165) is 55.9 Å². The quantitative estimate of drug-likeness (QED) is 0.161. The van der Waals surface area contributed by atoms with Crippen molar-refractivity contribution in [2.75, 3.05) is 0 Å². The van der Waals surface area contributed by atoms with E-state index in [0.29, 0.717) is 17.5 Å². The number of hydrogen-bond donors (Lipinski definition) is 0. The first-order chi connectivity index (χ1) is 30.7. The van der Waals surface area contributed by atoms with Crippen LogP contribution in [0, 0.1) is 0 Å². The lowest BCUT2D eigenvalue weighted by Gasteiger charge is -2.22. The monoisotopic (exact) mass is 794 g/mol. The molecule has 0 fully saturated rings. The number of benzene rings is 8. The summed E-state index contributed by atoms with van der Waals surface area (Å²) in [5.41, 5.74) is 15.6. The van der Waals surface area contributed by atoms with Crippen LogP contribution in [0.2, 0.25) is 0 Å². The van der Waals surface area contributed by atoms with Crippen molar-refractivity contribution in [2.24, 2.45) is 0 Å². The van der Waals surface area contributed by atoms with Crippen molar-refractivity contribution in [3.05, 3.63) is 229 Å². The normalized spacial score (nSPS) is 14.8. The molecular formula is C57H38N4O. The van der Waals surface area contributed by atoms with Crippen molar-refractivity contribution >= 4 is 17.0 Å². The van der Waals surface area contributed by atoms with Gasteiger partial charge >= 0.3 is 0 Å². The minimum absolute atomic E-state index is 0.104. The largest absolute Gasteiger partial charge is 0.484 e. The molecule has 0 radical (unpaired) electrons. The van der Waals surface area contributed by atoms with E-state index in [1.807, 2.05) is 12.1 Å². The number of nitrogens with zero attached hydrogens (tertiary/aromatic N) is 4. The Kier molecular flexibility index (Phi) is 8.56. The lowest BCUT2D eigenvalue weighted by Crippen LogP contribution is -2.13. The Bertz CT molecular complexity index is 3300. The van der Waals surface area contributed by atoms with Crippen LogP contribution in [0.4, 0.5) is 0 Å². The summed E-state index contributed by atoms with van der Waals surface area (Å²) in [5.74, 6) is 2.92. The molecule has 2 aliphatic rings. The van der Waals surface area contributed by atoms with Crippen LogP contribution < -0.4 is 4.74 Å². The van der Waals surface area contributed by atoms with Gasteiger partial charge in [-0.15, -0.1) is 0 Å². The maximum Gasteiger partial charge on any atom is 0.164 e. The van der Waals surface area contributed by atoms with Gasteiger partial charge in [-0.25, -0.2) is 15.0 Å². The van der Waals surface area contributed by atoms with Gasteiger partial charge in [-0.2, -0.15) is 0 Å². The average molecular weight is 795 g/mol. The first-order valence-electron chi connectivity index (χ1n) is 21.1. The predicted octanol–water partition coefficient (Wildman–Crippen LogP) is 14.1.